The summed E-state index contributed by atoms with van der Waals surface area (Å²) in [4.78, 5) is 5.16. The van der Waals surface area contributed by atoms with Gasteiger partial charge in [0.1, 0.15) is 0 Å². The molecule has 5 rings (SSSR count). The second-order valence-electron chi connectivity index (χ2n) is 8.63. The van der Waals surface area contributed by atoms with Crippen LogP contribution in [-0.2, 0) is 6.42 Å². The minimum Gasteiger partial charge on any atom is -0.493 e. The lowest BCUT2D eigenvalue weighted by Crippen LogP contribution is -2.52. The molecule has 0 saturated carbocycles. The van der Waals surface area contributed by atoms with Gasteiger partial charge in [-0.15, -0.1) is 0 Å². The van der Waals surface area contributed by atoms with Crippen LogP contribution in [-0.4, -0.2) is 38.9 Å². The summed E-state index contributed by atoms with van der Waals surface area (Å²) in [5.74, 6) is 2.01. The average molecular weight is 415 g/mol. The fourth-order valence-electron chi connectivity index (χ4n) is 5.20. The quantitative estimate of drug-likeness (QED) is 0.588. The molecule has 3 aromatic carbocycles. The first-order valence-electron chi connectivity index (χ1n) is 11.0. The number of fused-ring (bicyclic) bond motifs is 3. The zero-order valence-corrected chi connectivity index (χ0v) is 18.5. The zero-order chi connectivity index (χ0) is 21.4. The first kappa shape index (κ1) is 20.0. The van der Waals surface area contributed by atoms with Gasteiger partial charge in [0.2, 0.25) is 0 Å². The Balaban J connectivity index is 1.58. The topological polar surface area (TPSA) is 24.9 Å². The normalized spacial score (nSPS) is 20.7. The van der Waals surface area contributed by atoms with Crippen molar-refractivity contribution in [2.24, 2.45) is 0 Å². The molecule has 0 radical (unpaired) electrons. The fourth-order valence-corrected chi connectivity index (χ4v) is 5.20. The van der Waals surface area contributed by atoms with Crippen LogP contribution in [0.1, 0.15) is 34.2 Å². The second kappa shape index (κ2) is 8.27. The molecule has 4 nitrogen and oxygen atoms in total. The number of anilines is 1. The number of hydrogen-bond acceptors (Lipinski definition) is 4. The lowest BCUT2D eigenvalue weighted by molar-refractivity contribution is 0.128. The highest BCUT2D eigenvalue weighted by atomic mass is 16.5. The number of rotatable bonds is 4. The first-order valence-corrected chi connectivity index (χ1v) is 11.0. The van der Waals surface area contributed by atoms with Crippen molar-refractivity contribution in [3.8, 4) is 11.5 Å². The van der Waals surface area contributed by atoms with Gasteiger partial charge in [-0.05, 0) is 54.3 Å². The molecule has 0 aromatic heterocycles. The van der Waals surface area contributed by atoms with Crippen molar-refractivity contribution in [1.29, 1.82) is 0 Å². The number of nitrogens with zero attached hydrogens (tertiary/aromatic N) is 2. The molecule has 1 saturated heterocycles. The van der Waals surface area contributed by atoms with Crippen LogP contribution >= 0.6 is 0 Å². The maximum Gasteiger partial charge on any atom is 0.161 e. The number of aryl methyl sites for hydroxylation is 1. The van der Waals surface area contributed by atoms with Gasteiger partial charge in [-0.2, -0.15) is 0 Å². The van der Waals surface area contributed by atoms with E-state index in [1.54, 1.807) is 14.2 Å². The van der Waals surface area contributed by atoms with Crippen molar-refractivity contribution in [2.45, 2.75) is 25.3 Å². The molecule has 2 heterocycles. The summed E-state index contributed by atoms with van der Waals surface area (Å²) >= 11 is 0. The lowest BCUT2D eigenvalue weighted by atomic mass is 9.79. The standard InChI is InChI=1S/C27H30N2O2/c1-19-9-11-22(12-10-19)29-17-24(20-7-5-4-6-8-20)27-23-16-26(31-3)25(30-2)15-21(23)13-14-28(27)18-29/h4-12,15-16,24,27H,13-14,17-18H2,1-3H3/t24-,27+/m1/s1. The second-order valence-corrected chi connectivity index (χ2v) is 8.63. The first-order chi connectivity index (χ1) is 15.2. The van der Waals surface area contributed by atoms with E-state index in [0.29, 0.717) is 12.0 Å². The third-order valence-electron chi connectivity index (χ3n) is 6.80. The van der Waals surface area contributed by atoms with Gasteiger partial charge in [-0.3, -0.25) is 4.90 Å². The predicted octanol–water partition coefficient (Wildman–Crippen LogP) is 5.17. The third-order valence-corrected chi connectivity index (χ3v) is 6.80. The molecule has 2 atom stereocenters. The van der Waals surface area contributed by atoms with Crippen LogP contribution in [0, 0.1) is 6.92 Å². The molecule has 0 spiro atoms. The van der Waals surface area contributed by atoms with Crippen molar-refractivity contribution in [3.05, 3.63) is 89.0 Å². The minimum atomic E-state index is 0.327. The van der Waals surface area contributed by atoms with Crippen LogP contribution in [0.4, 0.5) is 5.69 Å². The van der Waals surface area contributed by atoms with Crippen molar-refractivity contribution >= 4 is 5.69 Å². The summed E-state index contributed by atoms with van der Waals surface area (Å²) in [6.45, 7) is 5.11. The van der Waals surface area contributed by atoms with Crippen LogP contribution in [0.2, 0.25) is 0 Å². The molecule has 2 aliphatic rings. The van der Waals surface area contributed by atoms with E-state index in [1.807, 2.05) is 0 Å². The van der Waals surface area contributed by atoms with Crippen LogP contribution in [0.25, 0.3) is 0 Å². The Bertz CT molecular complexity index is 1050. The van der Waals surface area contributed by atoms with Crippen LogP contribution in [0.3, 0.4) is 0 Å². The summed E-state index contributed by atoms with van der Waals surface area (Å²) in [6, 6.07) is 24.6. The fraction of sp³-hybridized carbons (Fsp3) is 0.333. The molecular weight excluding hydrogens is 384 g/mol. The molecule has 2 aliphatic heterocycles. The molecule has 31 heavy (non-hydrogen) atoms. The van der Waals surface area contributed by atoms with E-state index in [2.05, 4.69) is 83.5 Å². The smallest absolute Gasteiger partial charge is 0.161 e. The molecule has 0 unspecified atom stereocenters. The van der Waals surface area contributed by atoms with Gasteiger partial charge in [-0.25, -0.2) is 0 Å². The van der Waals surface area contributed by atoms with Gasteiger partial charge in [0.05, 0.1) is 20.9 Å². The molecule has 4 heteroatoms. The average Bonchev–Trinajstić information content (AvgIpc) is 2.83. The van der Waals surface area contributed by atoms with Crippen molar-refractivity contribution in [2.75, 3.05) is 38.9 Å². The number of benzene rings is 3. The van der Waals surface area contributed by atoms with E-state index < -0.39 is 0 Å². The lowest BCUT2D eigenvalue weighted by Gasteiger charge is -2.50. The number of hydrogen-bond donors (Lipinski definition) is 0. The Labute approximate surface area is 185 Å². The Morgan fingerprint density at radius 1 is 0.871 bits per heavy atom. The van der Waals surface area contributed by atoms with E-state index in [1.165, 1.54) is 27.9 Å². The highest BCUT2D eigenvalue weighted by molar-refractivity contribution is 5.53. The van der Waals surface area contributed by atoms with E-state index in [-0.39, 0.29) is 0 Å². The van der Waals surface area contributed by atoms with Crippen LogP contribution in [0.15, 0.2) is 66.7 Å². The van der Waals surface area contributed by atoms with Crippen molar-refractivity contribution < 1.29 is 9.47 Å². The SMILES string of the molecule is COc1cc2c(cc1OC)[C@H]1[C@@H](c3ccccc3)CN(c3ccc(C)cc3)CN1CC2. The van der Waals surface area contributed by atoms with Gasteiger partial charge in [0.15, 0.2) is 11.5 Å². The van der Waals surface area contributed by atoms with Crippen LogP contribution in [0.5, 0.6) is 11.5 Å². The minimum absolute atomic E-state index is 0.327. The molecule has 1 fully saturated rings. The molecule has 3 aromatic rings. The van der Waals surface area contributed by atoms with E-state index >= 15 is 0 Å². The van der Waals surface area contributed by atoms with Crippen LogP contribution < -0.4 is 14.4 Å². The third kappa shape index (κ3) is 3.66. The highest BCUT2D eigenvalue weighted by Crippen LogP contribution is 2.47. The Kier molecular flexibility index (Phi) is 5.33. The van der Waals surface area contributed by atoms with Gasteiger partial charge < -0.3 is 14.4 Å². The largest absolute Gasteiger partial charge is 0.493 e. The number of ether oxygens (including phenoxy) is 2. The monoisotopic (exact) mass is 414 g/mol. The Morgan fingerprint density at radius 3 is 2.29 bits per heavy atom. The summed E-state index contributed by atoms with van der Waals surface area (Å²) in [5, 5.41) is 0. The summed E-state index contributed by atoms with van der Waals surface area (Å²) in [7, 11) is 3.44. The molecular formula is C27H30N2O2. The molecule has 160 valence electrons. The van der Waals surface area contributed by atoms with Gasteiger partial charge in [0, 0.05) is 30.7 Å². The van der Waals surface area contributed by atoms with E-state index in [9.17, 15) is 0 Å². The molecule has 0 amide bonds. The predicted molar refractivity (Wildman–Crippen MR) is 125 cm³/mol. The van der Waals surface area contributed by atoms with Crippen molar-refractivity contribution in [1.82, 2.24) is 4.90 Å². The van der Waals surface area contributed by atoms with Crippen molar-refractivity contribution in [3.63, 3.8) is 0 Å². The van der Waals surface area contributed by atoms with Gasteiger partial charge in [-0.1, -0.05) is 48.0 Å². The molecule has 0 N–H and O–H groups in total. The summed E-state index contributed by atoms with van der Waals surface area (Å²) < 4.78 is 11.3. The van der Waals surface area contributed by atoms with E-state index in [0.717, 1.165) is 37.7 Å². The maximum absolute atomic E-state index is 5.67. The maximum atomic E-state index is 5.67. The van der Waals surface area contributed by atoms with Gasteiger partial charge >= 0.3 is 0 Å². The number of methoxy groups -OCH3 is 2. The summed E-state index contributed by atoms with van der Waals surface area (Å²) in [6.07, 6.45) is 1.02. The zero-order valence-electron chi connectivity index (χ0n) is 18.5. The summed E-state index contributed by atoms with van der Waals surface area (Å²) in [5.41, 5.74) is 6.73. The Morgan fingerprint density at radius 2 is 1.58 bits per heavy atom. The molecule has 0 aliphatic carbocycles. The van der Waals surface area contributed by atoms with E-state index in [4.69, 9.17) is 9.47 Å². The molecule has 0 bridgehead atoms. The highest BCUT2D eigenvalue weighted by Gasteiger charge is 2.40. The van der Waals surface area contributed by atoms with Gasteiger partial charge in [0.25, 0.3) is 0 Å². The Hall–Kier alpha value is -2.98.